The van der Waals surface area contributed by atoms with Gasteiger partial charge < -0.3 is 16.0 Å². The summed E-state index contributed by atoms with van der Waals surface area (Å²) in [7, 11) is 0. The maximum atomic E-state index is 13.2. The maximum Gasteiger partial charge on any atom is 0.243 e. The molecule has 1 saturated carbocycles. The van der Waals surface area contributed by atoms with Crippen molar-refractivity contribution in [3.63, 3.8) is 0 Å². The highest BCUT2D eigenvalue weighted by molar-refractivity contribution is 6.03. The third kappa shape index (κ3) is 6.04. The van der Waals surface area contributed by atoms with Crippen molar-refractivity contribution in [3.8, 4) is 6.07 Å². The number of nitriles is 1. The van der Waals surface area contributed by atoms with Gasteiger partial charge in [-0.2, -0.15) is 5.26 Å². The van der Waals surface area contributed by atoms with Crippen molar-refractivity contribution in [1.82, 2.24) is 20.9 Å². The Morgan fingerprint density at radius 1 is 1.27 bits per heavy atom. The van der Waals surface area contributed by atoms with E-state index in [1.165, 1.54) is 6.42 Å². The van der Waals surface area contributed by atoms with Gasteiger partial charge in [-0.05, 0) is 74.2 Å². The van der Waals surface area contributed by atoms with Crippen LogP contribution in [0.2, 0.25) is 0 Å². The van der Waals surface area contributed by atoms with Crippen LogP contribution in [0.25, 0.3) is 0 Å². The van der Waals surface area contributed by atoms with Crippen LogP contribution in [0.3, 0.4) is 0 Å². The molecule has 4 aliphatic rings. The molecule has 198 valence electrons. The zero-order chi connectivity index (χ0) is 26.3. The number of amides is 2. The summed E-state index contributed by atoms with van der Waals surface area (Å²) in [4.78, 5) is 27.9. The summed E-state index contributed by atoms with van der Waals surface area (Å²) in [5, 5.41) is 19.9. The normalized spacial score (nSPS) is 25.2. The molecule has 0 spiro atoms. The molecule has 3 heterocycles. The van der Waals surface area contributed by atoms with E-state index in [4.69, 9.17) is 0 Å². The van der Waals surface area contributed by atoms with Gasteiger partial charge in [0.05, 0.1) is 17.5 Å². The fraction of sp³-hybridized carbons (Fsp3) is 0.552. The molecule has 8 heteroatoms. The van der Waals surface area contributed by atoms with Crippen LogP contribution in [0.5, 0.6) is 0 Å². The smallest absolute Gasteiger partial charge is 0.243 e. The number of hydrogen-bond acceptors (Lipinski definition) is 5. The summed E-state index contributed by atoms with van der Waals surface area (Å²) in [5.41, 5.74) is 1.72. The van der Waals surface area contributed by atoms with Gasteiger partial charge >= 0.3 is 0 Å². The van der Waals surface area contributed by atoms with Crippen molar-refractivity contribution < 1.29 is 14.0 Å². The predicted octanol–water partition coefficient (Wildman–Crippen LogP) is 3.90. The third-order valence-corrected chi connectivity index (χ3v) is 8.12. The lowest BCUT2D eigenvalue weighted by Crippen LogP contribution is -2.48. The van der Waals surface area contributed by atoms with E-state index in [-0.39, 0.29) is 23.9 Å². The molecule has 1 fully saturated rings. The molecular formula is C29H38FN5O2. The summed E-state index contributed by atoms with van der Waals surface area (Å²) in [6, 6.07) is 2.38. The highest BCUT2D eigenvalue weighted by atomic mass is 19.1. The molecule has 7 nitrogen and oxygen atoms in total. The minimum Gasteiger partial charge on any atom is -0.383 e. The van der Waals surface area contributed by atoms with Gasteiger partial charge in [0, 0.05) is 24.5 Å². The fourth-order valence-electron chi connectivity index (χ4n) is 5.74. The lowest BCUT2D eigenvalue weighted by atomic mass is 9.75. The molecule has 1 aliphatic carbocycles. The molecule has 0 aromatic carbocycles. The monoisotopic (exact) mass is 507 g/mol. The molecule has 3 unspecified atom stereocenters. The van der Waals surface area contributed by atoms with E-state index in [0.717, 1.165) is 37.0 Å². The predicted molar refractivity (Wildman–Crippen MR) is 141 cm³/mol. The van der Waals surface area contributed by atoms with Gasteiger partial charge in [-0.1, -0.05) is 38.3 Å². The van der Waals surface area contributed by atoms with Gasteiger partial charge in [-0.25, -0.2) is 4.39 Å². The Bertz CT molecular complexity index is 1060. The van der Waals surface area contributed by atoms with Crippen molar-refractivity contribution in [1.29, 1.82) is 5.26 Å². The zero-order valence-electron chi connectivity index (χ0n) is 21.6. The van der Waals surface area contributed by atoms with Crippen molar-refractivity contribution in [3.05, 3.63) is 59.6 Å². The van der Waals surface area contributed by atoms with Crippen molar-refractivity contribution in [2.45, 2.75) is 70.4 Å². The Labute approximate surface area is 219 Å². The second-order valence-electron chi connectivity index (χ2n) is 10.4. The lowest BCUT2D eigenvalue weighted by molar-refractivity contribution is -0.140. The second kappa shape index (κ2) is 12.4. The van der Waals surface area contributed by atoms with Crippen LogP contribution in [0.4, 0.5) is 4.39 Å². The van der Waals surface area contributed by atoms with Gasteiger partial charge in [0.1, 0.15) is 12.6 Å². The average molecular weight is 508 g/mol. The number of halogens is 1. The molecule has 0 saturated heterocycles. The number of dihydropyridines is 1. The summed E-state index contributed by atoms with van der Waals surface area (Å²) in [6.45, 7) is 2.52. The molecular weight excluding hydrogens is 469 g/mol. The molecule has 0 radical (unpaired) electrons. The van der Waals surface area contributed by atoms with Crippen molar-refractivity contribution >= 4 is 11.8 Å². The molecule has 37 heavy (non-hydrogen) atoms. The van der Waals surface area contributed by atoms with Crippen LogP contribution in [0.15, 0.2) is 59.6 Å². The Morgan fingerprint density at radius 2 is 2.08 bits per heavy atom. The van der Waals surface area contributed by atoms with E-state index >= 15 is 0 Å². The largest absolute Gasteiger partial charge is 0.383 e. The van der Waals surface area contributed by atoms with E-state index in [9.17, 15) is 19.2 Å². The first-order chi connectivity index (χ1) is 18.0. The quantitative estimate of drug-likeness (QED) is 0.308. The SMILES string of the molecule is CCC(C#N)(CCNCC1=C2C=CC=CN2C(=O)C(C(=O)NC2CCCCC2)C1)C1C=C(CF)C=CN1. The van der Waals surface area contributed by atoms with Gasteiger partial charge in [0.2, 0.25) is 11.8 Å². The molecule has 3 atom stereocenters. The molecule has 0 aromatic rings. The molecule has 4 rings (SSSR count). The number of alkyl halides is 1. The Balaban J connectivity index is 1.41. The van der Waals surface area contributed by atoms with Gasteiger partial charge in [0.15, 0.2) is 0 Å². The number of carbonyl (C=O) groups is 2. The first kappa shape index (κ1) is 26.9. The minimum absolute atomic E-state index is 0.154. The number of nitrogens with zero attached hydrogens (tertiary/aromatic N) is 2. The Morgan fingerprint density at radius 3 is 2.81 bits per heavy atom. The number of hydrogen-bond donors (Lipinski definition) is 3. The molecule has 3 aliphatic heterocycles. The van der Waals surface area contributed by atoms with Crippen molar-refractivity contribution in [2.24, 2.45) is 11.3 Å². The fourth-order valence-corrected chi connectivity index (χ4v) is 5.74. The Hall–Kier alpha value is -3.18. The van der Waals surface area contributed by atoms with Crippen LogP contribution in [-0.4, -0.2) is 48.6 Å². The van der Waals surface area contributed by atoms with Gasteiger partial charge in [0.25, 0.3) is 0 Å². The summed E-state index contributed by atoms with van der Waals surface area (Å²) in [6.07, 6.45) is 19.5. The number of allylic oxidation sites excluding steroid dienone is 5. The molecule has 0 bridgehead atoms. The van der Waals surface area contributed by atoms with Crippen LogP contribution in [-0.2, 0) is 9.59 Å². The number of nitrogens with one attached hydrogen (secondary N) is 3. The summed E-state index contributed by atoms with van der Waals surface area (Å²) < 4.78 is 13.2. The van der Waals surface area contributed by atoms with E-state index in [1.807, 2.05) is 25.2 Å². The van der Waals surface area contributed by atoms with Gasteiger partial charge in [-0.3, -0.25) is 14.5 Å². The van der Waals surface area contributed by atoms with Crippen LogP contribution >= 0.6 is 0 Å². The molecule has 0 aromatic heterocycles. The minimum atomic E-state index is -0.741. The van der Waals surface area contributed by atoms with Crippen molar-refractivity contribution in [2.75, 3.05) is 19.8 Å². The van der Waals surface area contributed by atoms with Crippen LogP contribution < -0.4 is 16.0 Å². The summed E-state index contributed by atoms with van der Waals surface area (Å²) >= 11 is 0. The van der Waals surface area contributed by atoms with Gasteiger partial charge in [-0.15, -0.1) is 0 Å². The summed E-state index contributed by atoms with van der Waals surface area (Å²) in [5.74, 6) is -1.11. The lowest BCUT2D eigenvalue weighted by Gasteiger charge is -2.36. The Kier molecular flexibility index (Phi) is 8.99. The van der Waals surface area contributed by atoms with E-state index in [0.29, 0.717) is 37.9 Å². The van der Waals surface area contributed by atoms with E-state index in [2.05, 4.69) is 22.0 Å². The van der Waals surface area contributed by atoms with Crippen LogP contribution in [0, 0.1) is 22.7 Å². The van der Waals surface area contributed by atoms with Crippen LogP contribution in [0.1, 0.15) is 58.3 Å². The number of fused-ring (bicyclic) bond motifs is 1. The topological polar surface area (TPSA) is 97.3 Å². The molecule has 2 amide bonds. The van der Waals surface area contributed by atoms with E-state index in [1.54, 1.807) is 29.5 Å². The average Bonchev–Trinajstić information content (AvgIpc) is 2.95. The zero-order valence-corrected chi connectivity index (χ0v) is 21.6. The first-order valence-corrected chi connectivity index (χ1v) is 13.5. The third-order valence-electron chi connectivity index (χ3n) is 8.12. The second-order valence-corrected chi connectivity index (χ2v) is 10.4. The number of carbonyl (C=O) groups excluding carboxylic acids is 2. The highest BCUT2D eigenvalue weighted by Crippen LogP contribution is 2.34. The maximum absolute atomic E-state index is 13.2. The van der Waals surface area contributed by atoms with E-state index < -0.39 is 18.0 Å². The first-order valence-electron chi connectivity index (χ1n) is 13.5. The molecule has 3 N–H and O–H groups in total. The number of rotatable bonds is 10. The standard InChI is InChI=1S/C29H38FN5O2/c1-2-29(20-31,26-16-21(18-30)11-13-33-26)12-14-32-19-22-17-24(27(36)34-23-8-4-3-5-9-23)28(37)35-15-7-6-10-25(22)35/h6-7,10-11,13,15-16,23-24,26,32-33H,2-5,8-9,12,14,17-19H2,1H3,(H,34,36). The highest BCUT2D eigenvalue weighted by Gasteiger charge is 2.39.